The molecule has 1 heterocycles. The van der Waals surface area contributed by atoms with Crippen LogP contribution in [0.5, 0.6) is 0 Å². The first kappa shape index (κ1) is 14.9. The Bertz CT molecular complexity index is 180. The predicted molar refractivity (Wildman–Crippen MR) is 68.2 cm³/mol. The van der Waals surface area contributed by atoms with Crippen LogP contribution in [0.15, 0.2) is 0 Å². The summed E-state index contributed by atoms with van der Waals surface area (Å²) in [6, 6.07) is 0.503. The van der Waals surface area contributed by atoms with E-state index in [-0.39, 0.29) is 6.10 Å². The zero-order chi connectivity index (χ0) is 12.5. The van der Waals surface area contributed by atoms with Crippen LogP contribution in [0, 0.1) is 0 Å². The molecule has 4 heteroatoms. The first-order valence-corrected chi connectivity index (χ1v) is 6.87. The Balaban J connectivity index is 1.98. The first-order valence-electron chi connectivity index (χ1n) is 6.87. The van der Waals surface area contributed by atoms with Gasteiger partial charge >= 0.3 is 0 Å². The summed E-state index contributed by atoms with van der Waals surface area (Å²) < 4.78 is 10.9. The Kier molecular flexibility index (Phi) is 7.77. The van der Waals surface area contributed by atoms with Crippen LogP contribution < -0.4 is 5.32 Å². The van der Waals surface area contributed by atoms with E-state index in [1.165, 1.54) is 0 Å². The maximum atomic E-state index is 9.73. The standard InChI is InChI=1S/C13H27NO3/c1-3-11(4-2)14-8-12(15)9-16-10-13-6-5-7-17-13/h11-15H,3-10H2,1-2H3. The van der Waals surface area contributed by atoms with Gasteiger partial charge in [-0.1, -0.05) is 13.8 Å². The van der Waals surface area contributed by atoms with Gasteiger partial charge < -0.3 is 19.9 Å². The lowest BCUT2D eigenvalue weighted by molar-refractivity contribution is -0.0169. The van der Waals surface area contributed by atoms with Crippen molar-refractivity contribution in [3.8, 4) is 0 Å². The van der Waals surface area contributed by atoms with E-state index in [2.05, 4.69) is 19.2 Å². The zero-order valence-corrected chi connectivity index (χ0v) is 11.2. The SMILES string of the molecule is CCC(CC)NCC(O)COCC1CCCO1. The van der Waals surface area contributed by atoms with Crippen molar-refractivity contribution in [3.63, 3.8) is 0 Å². The summed E-state index contributed by atoms with van der Waals surface area (Å²) in [5.74, 6) is 0. The highest BCUT2D eigenvalue weighted by atomic mass is 16.5. The van der Waals surface area contributed by atoms with Crippen LogP contribution in [-0.2, 0) is 9.47 Å². The van der Waals surface area contributed by atoms with Gasteiger partial charge in [0.15, 0.2) is 0 Å². The van der Waals surface area contributed by atoms with E-state index in [9.17, 15) is 5.11 Å². The van der Waals surface area contributed by atoms with E-state index in [0.717, 1.165) is 32.3 Å². The average Bonchev–Trinajstić information content (AvgIpc) is 2.83. The summed E-state index contributed by atoms with van der Waals surface area (Å²) in [5.41, 5.74) is 0. The van der Waals surface area contributed by atoms with Crippen molar-refractivity contribution in [2.75, 3.05) is 26.4 Å². The van der Waals surface area contributed by atoms with Crippen LogP contribution in [0.2, 0.25) is 0 Å². The second-order valence-corrected chi connectivity index (χ2v) is 4.75. The van der Waals surface area contributed by atoms with E-state index in [0.29, 0.717) is 25.8 Å². The molecule has 1 aliphatic heterocycles. The molecule has 102 valence electrons. The molecular formula is C13H27NO3. The van der Waals surface area contributed by atoms with Gasteiger partial charge in [0.25, 0.3) is 0 Å². The minimum absolute atomic E-state index is 0.245. The molecule has 0 aromatic heterocycles. The third kappa shape index (κ3) is 6.36. The van der Waals surface area contributed by atoms with Crippen molar-refractivity contribution in [2.24, 2.45) is 0 Å². The molecular weight excluding hydrogens is 218 g/mol. The lowest BCUT2D eigenvalue weighted by atomic mass is 10.1. The molecule has 0 amide bonds. The molecule has 0 aromatic rings. The molecule has 2 N–H and O–H groups in total. The number of ether oxygens (including phenoxy) is 2. The fourth-order valence-corrected chi connectivity index (χ4v) is 2.05. The summed E-state index contributed by atoms with van der Waals surface area (Å²) in [6.07, 6.45) is 4.24. The summed E-state index contributed by atoms with van der Waals surface area (Å²) in [6.45, 7) is 6.78. The molecule has 0 aromatic carbocycles. The quantitative estimate of drug-likeness (QED) is 0.643. The van der Waals surface area contributed by atoms with Crippen LogP contribution in [0.1, 0.15) is 39.5 Å². The second kappa shape index (κ2) is 8.86. The van der Waals surface area contributed by atoms with Crippen molar-refractivity contribution in [2.45, 2.75) is 57.8 Å². The van der Waals surface area contributed by atoms with Crippen molar-refractivity contribution in [1.29, 1.82) is 0 Å². The highest BCUT2D eigenvalue weighted by Crippen LogP contribution is 2.11. The van der Waals surface area contributed by atoms with Gasteiger partial charge in [-0.15, -0.1) is 0 Å². The molecule has 2 atom stereocenters. The molecule has 2 unspecified atom stereocenters. The minimum Gasteiger partial charge on any atom is -0.389 e. The van der Waals surface area contributed by atoms with Crippen molar-refractivity contribution in [3.05, 3.63) is 0 Å². The molecule has 17 heavy (non-hydrogen) atoms. The second-order valence-electron chi connectivity index (χ2n) is 4.75. The van der Waals surface area contributed by atoms with E-state index in [1.807, 2.05) is 0 Å². The highest BCUT2D eigenvalue weighted by molar-refractivity contribution is 4.67. The van der Waals surface area contributed by atoms with Crippen LogP contribution in [0.25, 0.3) is 0 Å². The minimum atomic E-state index is -0.419. The molecule has 0 radical (unpaired) electrons. The van der Waals surface area contributed by atoms with E-state index >= 15 is 0 Å². The summed E-state index contributed by atoms with van der Waals surface area (Å²) in [7, 11) is 0. The number of aliphatic hydroxyl groups excluding tert-OH is 1. The van der Waals surface area contributed by atoms with Gasteiger partial charge in [-0.05, 0) is 25.7 Å². The van der Waals surface area contributed by atoms with Crippen molar-refractivity contribution in [1.82, 2.24) is 5.32 Å². The molecule has 1 fully saturated rings. The summed E-state index contributed by atoms with van der Waals surface area (Å²) in [5, 5.41) is 13.1. The van der Waals surface area contributed by atoms with Crippen LogP contribution in [-0.4, -0.2) is 49.7 Å². The van der Waals surface area contributed by atoms with Crippen LogP contribution in [0.4, 0.5) is 0 Å². The molecule has 4 nitrogen and oxygen atoms in total. The number of nitrogens with one attached hydrogen (secondary N) is 1. The van der Waals surface area contributed by atoms with Crippen molar-refractivity contribution >= 4 is 0 Å². The van der Waals surface area contributed by atoms with Crippen LogP contribution >= 0.6 is 0 Å². The number of hydrogen-bond acceptors (Lipinski definition) is 4. The fraction of sp³-hybridized carbons (Fsp3) is 1.00. The van der Waals surface area contributed by atoms with Gasteiger partial charge in [0, 0.05) is 19.2 Å². The Morgan fingerprint density at radius 2 is 2.18 bits per heavy atom. The number of aliphatic hydroxyl groups is 1. The number of rotatable bonds is 9. The summed E-state index contributed by atoms with van der Waals surface area (Å²) >= 11 is 0. The molecule has 0 bridgehead atoms. The number of hydrogen-bond donors (Lipinski definition) is 2. The Labute approximate surface area is 105 Å². The fourth-order valence-electron chi connectivity index (χ4n) is 2.05. The Hall–Kier alpha value is -0.160. The molecule has 0 spiro atoms. The lowest BCUT2D eigenvalue weighted by Gasteiger charge is -2.18. The molecule has 0 saturated carbocycles. The van der Waals surface area contributed by atoms with Crippen LogP contribution in [0.3, 0.4) is 0 Å². The average molecular weight is 245 g/mol. The van der Waals surface area contributed by atoms with Gasteiger partial charge in [-0.25, -0.2) is 0 Å². The third-order valence-corrected chi connectivity index (χ3v) is 3.27. The van der Waals surface area contributed by atoms with Gasteiger partial charge in [-0.2, -0.15) is 0 Å². The molecule has 1 saturated heterocycles. The third-order valence-electron chi connectivity index (χ3n) is 3.27. The van der Waals surface area contributed by atoms with E-state index < -0.39 is 6.10 Å². The maximum absolute atomic E-state index is 9.73. The lowest BCUT2D eigenvalue weighted by Crippen LogP contribution is -2.37. The maximum Gasteiger partial charge on any atom is 0.0897 e. The van der Waals surface area contributed by atoms with Gasteiger partial charge in [0.2, 0.25) is 0 Å². The molecule has 1 rings (SSSR count). The predicted octanol–water partition coefficient (Wildman–Crippen LogP) is 1.32. The van der Waals surface area contributed by atoms with Gasteiger partial charge in [0.1, 0.15) is 0 Å². The molecule has 1 aliphatic rings. The normalized spacial score (nSPS) is 22.2. The van der Waals surface area contributed by atoms with Gasteiger partial charge in [-0.3, -0.25) is 0 Å². The topological polar surface area (TPSA) is 50.7 Å². The summed E-state index contributed by atoms with van der Waals surface area (Å²) in [4.78, 5) is 0. The van der Waals surface area contributed by atoms with Gasteiger partial charge in [0.05, 0.1) is 25.4 Å². The zero-order valence-electron chi connectivity index (χ0n) is 11.2. The van der Waals surface area contributed by atoms with E-state index in [1.54, 1.807) is 0 Å². The smallest absolute Gasteiger partial charge is 0.0897 e. The van der Waals surface area contributed by atoms with E-state index in [4.69, 9.17) is 9.47 Å². The largest absolute Gasteiger partial charge is 0.389 e. The molecule has 0 aliphatic carbocycles. The first-order chi connectivity index (χ1) is 8.26. The Morgan fingerprint density at radius 1 is 1.41 bits per heavy atom. The Morgan fingerprint density at radius 3 is 2.76 bits per heavy atom. The van der Waals surface area contributed by atoms with Crippen molar-refractivity contribution < 1.29 is 14.6 Å². The monoisotopic (exact) mass is 245 g/mol. The highest BCUT2D eigenvalue weighted by Gasteiger charge is 2.16.